The fraction of sp³-hybridized carbons (Fsp3) is 0.417. The summed E-state index contributed by atoms with van der Waals surface area (Å²) < 4.78 is 11.5. The molecule has 0 aliphatic heterocycles. The van der Waals surface area contributed by atoms with Crippen LogP contribution in [-0.4, -0.2) is 21.6 Å². The number of hydrogen-bond acceptors (Lipinski definition) is 3. The largest absolute Gasteiger partial charge is 0.399 e. The van der Waals surface area contributed by atoms with Crippen molar-refractivity contribution in [3.8, 4) is 0 Å². The summed E-state index contributed by atoms with van der Waals surface area (Å²) in [6, 6.07) is 6.86. The van der Waals surface area contributed by atoms with E-state index >= 15 is 0 Å². The first-order valence-corrected chi connectivity index (χ1v) is 6.96. The molecule has 0 radical (unpaired) electrons. The van der Waals surface area contributed by atoms with Crippen LogP contribution in [0.25, 0.3) is 0 Å². The van der Waals surface area contributed by atoms with Crippen LogP contribution in [0.5, 0.6) is 0 Å². The van der Waals surface area contributed by atoms with E-state index in [1.807, 2.05) is 13.8 Å². The third-order valence-corrected chi connectivity index (χ3v) is 3.63. The minimum absolute atomic E-state index is 0.0442. The van der Waals surface area contributed by atoms with E-state index in [0.29, 0.717) is 23.0 Å². The molecular formula is C12H18N2O2S. The van der Waals surface area contributed by atoms with E-state index in [0.717, 1.165) is 0 Å². The molecule has 0 aromatic heterocycles. The predicted octanol–water partition coefficient (Wildman–Crippen LogP) is 1.61. The molecular weight excluding hydrogens is 236 g/mol. The molecule has 4 nitrogen and oxygen atoms in total. The Hall–Kier alpha value is -1.36. The molecule has 5 heteroatoms. The predicted molar refractivity (Wildman–Crippen MR) is 72.2 cm³/mol. The summed E-state index contributed by atoms with van der Waals surface area (Å²) in [5, 5.41) is 2.69. The molecule has 1 aromatic rings. The van der Waals surface area contributed by atoms with Gasteiger partial charge in [-0.15, -0.1) is 0 Å². The van der Waals surface area contributed by atoms with E-state index in [4.69, 9.17) is 5.73 Å². The third-order valence-electron chi connectivity index (χ3n) is 2.01. The molecule has 0 spiro atoms. The van der Waals surface area contributed by atoms with Gasteiger partial charge in [0.1, 0.15) is 5.75 Å². The zero-order valence-corrected chi connectivity index (χ0v) is 10.9. The van der Waals surface area contributed by atoms with Crippen molar-refractivity contribution in [2.45, 2.75) is 13.8 Å². The highest BCUT2D eigenvalue weighted by molar-refractivity contribution is 7.85. The highest BCUT2D eigenvalue weighted by Gasteiger charge is 2.09. The summed E-state index contributed by atoms with van der Waals surface area (Å²) in [7, 11) is -1.10. The van der Waals surface area contributed by atoms with Gasteiger partial charge in [0.2, 0.25) is 5.91 Å². The Bertz CT molecular complexity index is 401. The van der Waals surface area contributed by atoms with Gasteiger partial charge in [0, 0.05) is 27.9 Å². The van der Waals surface area contributed by atoms with Crippen LogP contribution in [0.4, 0.5) is 11.4 Å². The number of amides is 1. The molecule has 1 unspecified atom stereocenters. The lowest BCUT2D eigenvalue weighted by Gasteiger charge is -2.07. The van der Waals surface area contributed by atoms with E-state index in [9.17, 15) is 9.00 Å². The van der Waals surface area contributed by atoms with Gasteiger partial charge in [-0.05, 0) is 30.2 Å². The minimum atomic E-state index is -1.10. The van der Waals surface area contributed by atoms with Crippen molar-refractivity contribution in [3.63, 3.8) is 0 Å². The Morgan fingerprint density at radius 2 is 1.94 bits per heavy atom. The van der Waals surface area contributed by atoms with E-state index in [1.165, 1.54) is 0 Å². The van der Waals surface area contributed by atoms with Gasteiger partial charge >= 0.3 is 0 Å². The lowest BCUT2D eigenvalue weighted by molar-refractivity contribution is -0.113. The molecule has 0 saturated heterocycles. The number of nitrogens with one attached hydrogen (secondary N) is 1. The maximum atomic E-state index is 11.6. The van der Waals surface area contributed by atoms with E-state index in [1.54, 1.807) is 24.3 Å². The van der Waals surface area contributed by atoms with Crippen LogP contribution in [0.1, 0.15) is 13.8 Å². The molecule has 3 N–H and O–H groups in total. The molecule has 0 saturated carbocycles. The molecule has 0 heterocycles. The Labute approximate surface area is 104 Å². The molecule has 1 aromatic carbocycles. The van der Waals surface area contributed by atoms with Crippen LogP contribution in [0.15, 0.2) is 24.3 Å². The number of carbonyl (C=O) groups excluding carboxylic acids is 1. The molecule has 94 valence electrons. The Morgan fingerprint density at radius 1 is 1.35 bits per heavy atom. The first kappa shape index (κ1) is 13.7. The van der Waals surface area contributed by atoms with Crippen LogP contribution >= 0.6 is 0 Å². The summed E-state index contributed by atoms with van der Waals surface area (Å²) in [6.07, 6.45) is 0. The smallest absolute Gasteiger partial charge is 0.236 e. The number of carbonyl (C=O) groups is 1. The van der Waals surface area contributed by atoms with Crippen molar-refractivity contribution in [3.05, 3.63) is 24.3 Å². The number of nitrogen functional groups attached to an aromatic ring is 1. The summed E-state index contributed by atoms with van der Waals surface area (Å²) >= 11 is 0. The van der Waals surface area contributed by atoms with Crippen LogP contribution in [-0.2, 0) is 15.6 Å². The maximum Gasteiger partial charge on any atom is 0.236 e. The lowest BCUT2D eigenvalue weighted by Crippen LogP contribution is -2.22. The van der Waals surface area contributed by atoms with E-state index in [-0.39, 0.29) is 11.7 Å². The number of benzene rings is 1. The summed E-state index contributed by atoms with van der Waals surface area (Å²) in [5.74, 6) is 0.700. The van der Waals surface area contributed by atoms with Crippen molar-refractivity contribution in [2.75, 3.05) is 22.6 Å². The monoisotopic (exact) mass is 254 g/mol. The van der Waals surface area contributed by atoms with Crippen LogP contribution in [0.2, 0.25) is 0 Å². The fourth-order valence-electron chi connectivity index (χ4n) is 1.34. The molecule has 1 atom stereocenters. The molecule has 0 aliphatic rings. The van der Waals surface area contributed by atoms with Gasteiger partial charge in [0.25, 0.3) is 0 Å². The first-order valence-electron chi connectivity index (χ1n) is 5.47. The van der Waals surface area contributed by atoms with Crippen molar-refractivity contribution in [2.24, 2.45) is 5.92 Å². The zero-order chi connectivity index (χ0) is 12.8. The van der Waals surface area contributed by atoms with Gasteiger partial charge in [-0.3, -0.25) is 9.00 Å². The van der Waals surface area contributed by atoms with Crippen molar-refractivity contribution in [1.82, 2.24) is 0 Å². The second-order valence-electron chi connectivity index (χ2n) is 4.31. The summed E-state index contributed by atoms with van der Waals surface area (Å²) in [5.41, 5.74) is 6.85. The SMILES string of the molecule is CC(C)CS(=O)CC(=O)Nc1ccc(N)cc1. The van der Waals surface area contributed by atoms with Crippen LogP contribution in [0.3, 0.4) is 0 Å². The fourth-order valence-corrected chi connectivity index (χ4v) is 2.57. The molecule has 0 bridgehead atoms. The normalized spacial score (nSPS) is 12.4. The summed E-state index contributed by atoms with van der Waals surface area (Å²) in [6.45, 7) is 3.96. The Morgan fingerprint density at radius 3 is 2.47 bits per heavy atom. The van der Waals surface area contributed by atoms with E-state index < -0.39 is 10.8 Å². The molecule has 1 rings (SSSR count). The van der Waals surface area contributed by atoms with Crippen LogP contribution in [0, 0.1) is 5.92 Å². The van der Waals surface area contributed by atoms with Gasteiger partial charge in [0.05, 0.1) is 0 Å². The van der Waals surface area contributed by atoms with Crippen molar-refractivity contribution in [1.29, 1.82) is 0 Å². The van der Waals surface area contributed by atoms with Crippen LogP contribution < -0.4 is 11.1 Å². The Balaban J connectivity index is 2.44. The second-order valence-corrected chi connectivity index (χ2v) is 5.82. The van der Waals surface area contributed by atoms with Crippen molar-refractivity contribution < 1.29 is 9.00 Å². The number of rotatable bonds is 5. The average Bonchev–Trinajstić information content (AvgIpc) is 2.19. The van der Waals surface area contributed by atoms with Gasteiger partial charge < -0.3 is 11.1 Å². The molecule has 0 aliphatic carbocycles. The highest BCUT2D eigenvalue weighted by atomic mass is 32.2. The summed E-state index contributed by atoms with van der Waals surface area (Å²) in [4.78, 5) is 11.6. The number of anilines is 2. The van der Waals surface area contributed by atoms with E-state index in [2.05, 4.69) is 5.32 Å². The standard InChI is InChI=1S/C12H18N2O2S/c1-9(2)7-17(16)8-12(15)14-11-5-3-10(13)4-6-11/h3-6,9H,7-8,13H2,1-2H3,(H,14,15). The van der Waals surface area contributed by atoms with Gasteiger partial charge in [0.15, 0.2) is 0 Å². The molecule has 17 heavy (non-hydrogen) atoms. The van der Waals surface area contributed by atoms with Crippen molar-refractivity contribution >= 4 is 28.1 Å². The van der Waals surface area contributed by atoms with Gasteiger partial charge in [-0.25, -0.2) is 0 Å². The highest BCUT2D eigenvalue weighted by Crippen LogP contribution is 2.10. The van der Waals surface area contributed by atoms with Gasteiger partial charge in [-0.1, -0.05) is 13.8 Å². The molecule has 1 amide bonds. The topological polar surface area (TPSA) is 72.2 Å². The maximum absolute atomic E-state index is 11.6. The second kappa shape index (κ2) is 6.39. The Kier molecular flexibility index (Phi) is 5.15. The van der Waals surface area contributed by atoms with Gasteiger partial charge in [-0.2, -0.15) is 0 Å². The zero-order valence-electron chi connectivity index (χ0n) is 10.1. The number of nitrogens with two attached hydrogens (primary N) is 1. The lowest BCUT2D eigenvalue weighted by atomic mass is 10.3. The average molecular weight is 254 g/mol. The minimum Gasteiger partial charge on any atom is -0.399 e. The first-order chi connectivity index (χ1) is 7.97. The quantitative estimate of drug-likeness (QED) is 0.784. The molecule has 0 fully saturated rings. The third kappa shape index (κ3) is 5.49. The number of hydrogen-bond donors (Lipinski definition) is 2.